The molecule has 16 heavy (non-hydrogen) atoms. The third-order valence-corrected chi connectivity index (χ3v) is 3.16. The van der Waals surface area contributed by atoms with Crippen molar-refractivity contribution in [1.29, 1.82) is 0 Å². The van der Waals surface area contributed by atoms with Gasteiger partial charge in [-0.05, 0) is 25.7 Å². The number of nitrogens with zero attached hydrogens (tertiary/aromatic N) is 1. The summed E-state index contributed by atoms with van der Waals surface area (Å²) in [5.41, 5.74) is -0.855. The monoisotopic (exact) mass is 227 g/mol. The van der Waals surface area contributed by atoms with E-state index < -0.39 is 11.6 Å². The lowest BCUT2D eigenvalue weighted by Crippen LogP contribution is -2.48. The smallest absolute Gasteiger partial charge is 0.325 e. The number of hydrogen-bond donors (Lipinski definition) is 3. The molecule has 0 aromatic rings. The highest BCUT2D eigenvalue weighted by Crippen LogP contribution is 2.38. The predicted molar refractivity (Wildman–Crippen MR) is 56.9 cm³/mol. The minimum absolute atomic E-state index is 0.195. The van der Waals surface area contributed by atoms with Gasteiger partial charge in [0.2, 0.25) is 0 Å². The standard InChI is InChI=1S/C10H17N3O3/c1-10(16,7-2-3-7)6-12-9(15)13-5-4-11-8(13)14/h7,16H,2-6H2,1H3,(H,11,14)(H,12,15)/t10-/m1/s1. The average Bonchev–Trinajstić information content (AvgIpc) is 3.00. The fourth-order valence-corrected chi connectivity index (χ4v) is 1.86. The van der Waals surface area contributed by atoms with Crippen molar-refractivity contribution in [1.82, 2.24) is 15.5 Å². The van der Waals surface area contributed by atoms with E-state index in [2.05, 4.69) is 10.6 Å². The van der Waals surface area contributed by atoms with Crippen molar-refractivity contribution in [3.63, 3.8) is 0 Å². The van der Waals surface area contributed by atoms with E-state index in [4.69, 9.17) is 0 Å². The van der Waals surface area contributed by atoms with Crippen LogP contribution in [0, 0.1) is 5.92 Å². The maximum Gasteiger partial charge on any atom is 0.325 e. The molecule has 0 bridgehead atoms. The van der Waals surface area contributed by atoms with E-state index in [1.807, 2.05) is 0 Å². The summed E-state index contributed by atoms with van der Waals surface area (Å²) in [5, 5.41) is 15.1. The fraction of sp³-hybridized carbons (Fsp3) is 0.800. The Hall–Kier alpha value is -1.30. The van der Waals surface area contributed by atoms with Crippen molar-refractivity contribution in [3.8, 4) is 0 Å². The molecular formula is C10H17N3O3. The van der Waals surface area contributed by atoms with E-state index in [0.29, 0.717) is 13.1 Å². The number of urea groups is 2. The van der Waals surface area contributed by atoms with Crippen LogP contribution < -0.4 is 10.6 Å². The normalized spacial score (nSPS) is 23.9. The number of carbonyl (C=O) groups excluding carboxylic acids is 2. The number of carbonyl (C=O) groups is 2. The second kappa shape index (κ2) is 3.93. The summed E-state index contributed by atoms with van der Waals surface area (Å²) >= 11 is 0. The maximum atomic E-state index is 11.6. The SMILES string of the molecule is C[C@@](O)(CNC(=O)N1CCNC1=O)C1CC1. The molecular weight excluding hydrogens is 210 g/mol. The minimum Gasteiger partial charge on any atom is -0.388 e. The highest BCUT2D eigenvalue weighted by atomic mass is 16.3. The summed E-state index contributed by atoms with van der Waals surface area (Å²) < 4.78 is 0. The average molecular weight is 227 g/mol. The van der Waals surface area contributed by atoms with Crippen LogP contribution in [0.1, 0.15) is 19.8 Å². The van der Waals surface area contributed by atoms with E-state index in [-0.39, 0.29) is 18.5 Å². The maximum absolute atomic E-state index is 11.6. The lowest BCUT2D eigenvalue weighted by Gasteiger charge is -2.24. The topological polar surface area (TPSA) is 81.7 Å². The van der Waals surface area contributed by atoms with Gasteiger partial charge in [0, 0.05) is 19.6 Å². The van der Waals surface area contributed by atoms with Crippen LogP contribution in [0.4, 0.5) is 9.59 Å². The fourth-order valence-electron chi connectivity index (χ4n) is 1.86. The molecule has 90 valence electrons. The molecule has 2 aliphatic rings. The largest absolute Gasteiger partial charge is 0.388 e. The van der Waals surface area contributed by atoms with Gasteiger partial charge in [-0.15, -0.1) is 0 Å². The van der Waals surface area contributed by atoms with Crippen molar-refractivity contribution in [2.24, 2.45) is 5.92 Å². The molecule has 4 amide bonds. The lowest BCUT2D eigenvalue weighted by molar-refractivity contribution is 0.0385. The molecule has 0 aromatic heterocycles. The molecule has 0 spiro atoms. The predicted octanol–water partition coefficient (Wildman–Crippen LogP) is -0.118. The van der Waals surface area contributed by atoms with Gasteiger partial charge in [0.25, 0.3) is 0 Å². The highest BCUT2D eigenvalue weighted by molar-refractivity contribution is 5.94. The number of hydrogen-bond acceptors (Lipinski definition) is 3. The Morgan fingerprint density at radius 2 is 2.38 bits per heavy atom. The molecule has 2 fully saturated rings. The highest BCUT2D eigenvalue weighted by Gasteiger charge is 2.40. The van der Waals surface area contributed by atoms with Gasteiger partial charge < -0.3 is 15.7 Å². The summed E-state index contributed by atoms with van der Waals surface area (Å²) in [4.78, 5) is 23.9. The second-order valence-corrected chi connectivity index (χ2v) is 4.67. The van der Waals surface area contributed by atoms with Gasteiger partial charge in [0.1, 0.15) is 0 Å². The number of aliphatic hydroxyl groups is 1. The molecule has 0 radical (unpaired) electrons. The van der Waals surface area contributed by atoms with Gasteiger partial charge in [0.15, 0.2) is 0 Å². The summed E-state index contributed by atoms with van der Waals surface area (Å²) in [5.74, 6) is 0.278. The molecule has 1 heterocycles. The number of amides is 4. The Morgan fingerprint density at radius 1 is 1.69 bits per heavy atom. The molecule has 1 atom stereocenters. The third-order valence-electron chi connectivity index (χ3n) is 3.16. The molecule has 6 heteroatoms. The minimum atomic E-state index is -0.855. The van der Waals surface area contributed by atoms with Crippen molar-refractivity contribution >= 4 is 12.1 Å². The molecule has 2 rings (SSSR count). The van der Waals surface area contributed by atoms with Gasteiger partial charge in [-0.2, -0.15) is 0 Å². The van der Waals surface area contributed by atoms with Gasteiger partial charge >= 0.3 is 12.1 Å². The molecule has 1 aliphatic heterocycles. The van der Waals surface area contributed by atoms with Gasteiger partial charge in [-0.3, -0.25) is 0 Å². The molecule has 6 nitrogen and oxygen atoms in total. The third kappa shape index (κ3) is 2.27. The zero-order chi connectivity index (χ0) is 11.8. The molecule has 3 N–H and O–H groups in total. The van der Waals surface area contributed by atoms with Crippen molar-refractivity contribution < 1.29 is 14.7 Å². The van der Waals surface area contributed by atoms with Crippen LogP contribution in [-0.2, 0) is 0 Å². The van der Waals surface area contributed by atoms with Crippen molar-refractivity contribution in [2.75, 3.05) is 19.6 Å². The van der Waals surface area contributed by atoms with E-state index in [1.54, 1.807) is 6.92 Å². The van der Waals surface area contributed by atoms with Crippen LogP contribution >= 0.6 is 0 Å². The first-order valence-electron chi connectivity index (χ1n) is 5.56. The molecule has 1 saturated carbocycles. The zero-order valence-electron chi connectivity index (χ0n) is 9.32. The molecule has 1 saturated heterocycles. The van der Waals surface area contributed by atoms with Gasteiger partial charge in [0.05, 0.1) is 5.60 Å². The van der Waals surface area contributed by atoms with Crippen LogP contribution in [0.5, 0.6) is 0 Å². The summed E-state index contributed by atoms with van der Waals surface area (Å²) in [7, 11) is 0. The number of nitrogens with one attached hydrogen (secondary N) is 2. The van der Waals surface area contributed by atoms with Crippen LogP contribution in [0.15, 0.2) is 0 Å². The summed E-state index contributed by atoms with van der Waals surface area (Å²) in [6.45, 7) is 2.79. The first kappa shape index (κ1) is 11.2. The molecule has 0 unspecified atom stereocenters. The van der Waals surface area contributed by atoms with Crippen LogP contribution in [0.2, 0.25) is 0 Å². The van der Waals surface area contributed by atoms with Crippen molar-refractivity contribution in [2.45, 2.75) is 25.4 Å². The number of rotatable bonds is 3. The van der Waals surface area contributed by atoms with Gasteiger partial charge in [-0.1, -0.05) is 0 Å². The second-order valence-electron chi connectivity index (χ2n) is 4.67. The first-order chi connectivity index (χ1) is 7.50. The van der Waals surface area contributed by atoms with Crippen LogP contribution in [0.3, 0.4) is 0 Å². The van der Waals surface area contributed by atoms with Crippen LogP contribution in [-0.4, -0.2) is 47.3 Å². The summed E-state index contributed by atoms with van der Waals surface area (Å²) in [6.07, 6.45) is 2.01. The molecule has 0 aromatic carbocycles. The number of imide groups is 1. The zero-order valence-corrected chi connectivity index (χ0v) is 9.32. The quantitative estimate of drug-likeness (QED) is 0.629. The Kier molecular flexibility index (Phi) is 2.75. The first-order valence-corrected chi connectivity index (χ1v) is 5.56. The van der Waals surface area contributed by atoms with E-state index in [9.17, 15) is 14.7 Å². The Morgan fingerprint density at radius 3 is 2.88 bits per heavy atom. The van der Waals surface area contributed by atoms with Crippen molar-refractivity contribution in [3.05, 3.63) is 0 Å². The van der Waals surface area contributed by atoms with E-state index >= 15 is 0 Å². The lowest BCUT2D eigenvalue weighted by atomic mass is 10.0. The van der Waals surface area contributed by atoms with Crippen LogP contribution in [0.25, 0.3) is 0 Å². The molecule has 1 aliphatic carbocycles. The Balaban J connectivity index is 1.81. The van der Waals surface area contributed by atoms with E-state index in [1.165, 1.54) is 0 Å². The Bertz CT molecular complexity index is 312. The summed E-state index contributed by atoms with van der Waals surface area (Å²) in [6, 6.07) is -0.806. The Labute approximate surface area is 94.0 Å². The van der Waals surface area contributed by atoms with Gasteiger partial charge in [-0.25, -0.2) is 14.5 Å². The van der Waals surface area contributed by atoms with E-state index in [0.717, 1.165) is 17.7 Å².